The number of halogens is 2. The largest absolute Gasteiger partial charge is 0.261 e. The lowest BCUT2D eigenvalue weighted by atomic mass is 9.95. The molecule has 8 heteroatoms. The van der Waals surface area contributed by atoms with Crippen LogP contribution in [0.5, 0.6) is 0 Å². The summed E-state index contributed by atoms with van der Waals surface area (Å²) in [5.41, 5.74) is 0.948. The molecule has 2 aromatic carbocycles. The second-order valence-corrected chi connectivity index (χ2v) is 11.1. The molecule has 0 bridgehead atoms. The predicted octanol–water partition coefficient (Wildman–Crippen LogP) is 4.83. The second kappa shape index (κ2) is 7.29. The third-order valence-corrected chi connectivity index (χ3v) is 7.27. The van der Waals surface area contributed by atoms with E-state index in [2.05, 4.69) is 0 Å². The molecule has 2 rings (SSSR count). The van der Waals surface area contributed by atoms with Gasteiger partial charge in [0.1, 0.15) is 5.82 Å². The van der Waals surface area contributed by atoms with Crippen molar-refractivity contribution in [3.63, 3.8) is 0 Å². The molecule has 26 heavy (non-hydrogen) atoms. The highest BCUT2D eigenvalue weighted by Crippen LogP contribution is 2.36. The van der Waals surface area contributed by atoms with Crippen LogP contribution in [0.1, 0.15) is 50.7 Å². The van der Waals surface area contributed by atoms with Crippen LogP contribution < -0.4 is 0 Å². The van der Waals surface area contributed by atoms with Crippen LogP contribution in [0.3, 0.4) is 0 Å². The summed E-state index contributed by atoms with van der Waals surface area (Å²) >= 11 is 0. The summed E-state index contributed by atoms with van der Waals surface area (Å²) in [6.45, 7) is 7.24. The molecule has 0 amide bonds. The van der Waals surface area contributed by atoms with Gasteiger partial charge < -0.3 is 0 Å². The van der Waals surface area contributed by atoms with E-state index in [0.717, 1.165) is 30.3 Å². The molecule has 0 aromatic heterocycles. The van der Waals surface area contributed by atoms with Crippen molar-refractivity contribution >= 4 is 29.6 Å². The maximum atomic E-state index is 13.2. The van der Waals surface area contributed by atoms with Crippen molar-refractivity contribution in [2.75, 3.05) is 0 Å². The zero-order valence-electron chi connectivity index (χ0n) is 14.8. The molecule has 2 aromatic rings. The predicted molar refractivity (Wildman–Crippen MR) is 99.5 cm³/mol. The monoisotopic (exact) mass is 418 g/mol. The molecular formula is C18H20ClFO4S2. The Bertz CT molecular complexity index is 1030. The van der Waals surface area contributed by atoms with Crippen molar-refractivity contribution in [3.8, 4) is 0 Å². The van der Waals surface area contributed by atoms with Crippen LogP contribution in [-0.2, 0) is 18.9 Å². The summed E-state index contributed by atoms with van der Waals surface area (Å²) < 4.78 is 63.3. The van der Waals surface area contributed by atoms with E-state index >= 15 is 0 Å². The number of rotatable bonds is 5. The van der Waals surface area contributed by atoms with Gasteiger partial charge in [-0.2, -0.15) is 0 Å². The fourth-order valence-corrected chi connectivity index (χ4v) is 5.62. The van der Waals surface area contributed by atoms with E-state index in [-0.39, 0.29) is 26.5 Å². The van der Waals surface area contributed by atoms with Crippen molar-refractivity contribution in [2.45, 2.75) is 54.2 Å². The Morgan fingerprint density at radius 3 is 1.69 bits per heavy atom. The van der Waals surface area contributed by atoms with Crippen molar-refractivity contribution in [2.24, 2.45) is 0 Å². The third-order valence-electron chi connectivity index (χ3n) is 4.06. The topological polar surface area (TPSA) is 68.3 Å². The van der Waals surface area contributed by atoms with Crippen LogP contribution in [-0.4, -0.2) is 16.8 Å². The van der Waals surface area contributed by atoms with Crippen LogP contribution in [0, 0.1) is 5.82 Å². The van der Waals surface area contributed by atoms with E-state index < -0.39 is 24.7 Å². The molecule has 0 radical (unpaired) electrons. The highest BCUT2D eigenvalue weighted by Gasteiger charge is 2.28. The van der Waals surface area contributed by atoms with Crippen LogP contribution in [0.25, 0.3) is 0 Å². The summed E-state index contributed by atoms with van der Waals surface area (Å²) in [5.74, 6) is -0.907. The first-order valence-corrected chi connectivity index (χ1v) is 11.8. The molecular weight excluding hydrogens is 399 g/mol. The van der Waals surface area contributed by atoms with Gasteiger partial charge in [0.2, 0.25) is 9.84 Å². The van der Waals surface area contributed by atoms with Crippen molar-refractivity contribution < 1.29 is 21.2 Å². The minimum absolute atomic E-state index is 0.115. The summed E-state index contributed by atoms with van der Waals surface area (Å²) in [4.78, 5) is -0.474. The normalized spacial score (nSPS) is 12.8. The first-order valence-electron chi connectivity index (χ1n) is 7.99. The molecule has 0 unspecified atom stereocenters. The molecule has 4 nitrogen and oxygen atoms in total. The molecule has 0 aliphatic heterocycles. The summed E-state index contributed by atoms with van der Waals surface area (Å²) in [6.07, 6.45) is 0. The number of hydrogen-bond acceptors (Lipinski definition) is 4. The first-order chi connectivity index (χ1) is 11.9. The van der Waals surface area contributed by atoms with Crippen molar-refractivity contribution in [3.05, 3.63) is 53.3 Å². The van der Waals surface area contributed by atoms with E-state index in [4.69, 9.17) is 10.7 Å². The van der Waals surface area contributed by atoms with Crippen LogP contribution in [0.15, 0.2) is 51.1 Å². The quantitative estimate of drug-likeness (QED) is 0.515. The van der Waals surface area contributed by atoms with E-state index in [9.17, 15) is 21.2 Å². The van der Waals surface area contributed by atoms with Gasteiger partial charge in [-0.05, 0) is 53.3 Å². The Hall–Kier alpha value is -1.44. The number of benzene rings is 2. The van der Waals surface area contributed by atoms with Gasteiger partial charge in [0.05, 0.1) is 14.7 Å². The molecule has 0 N–H and O–H groups in total. The Balaban J connectivity index is 2.88. The molecule has 0 fully saturated rings. The average Bonchev–Trinajstić information content (AvgIpc) is 2.52. The minimum Gasteiger partial charge on any atom is -0.219 e. The zero-order valence-corrected chi connectivity index (χ0v) is 17.2. The van der Waals surface area contributed by atoms with Gasteiger partial charge in [-0.1, -0.05) is 33.8 Å². The fourth-order valence-electron chi connectivity index (χ4n) is 2.68. The molecule has 0 saturated heterocycles. The molecule has 0 atom stereocenters. The zero-order chi connectivity index (χ0) is 19.9. The average molecular weight is 419 g/mol. The number of sulfone groups is 1. The number of hydrogen-bond donors (Lipinski definition) is 0. The van der Waals surface area contributed by atoms with Gasteiger partial charge in [0.15, 0.2) is 0 Å². The minimum atomic E-state index is -4.14. The summed E-state index contributed by atoms with van der Waals surface area (Å²) in [6, 6.07) is 7.10. The van der Waals surface area contributed by atoms with Gasteiger partial charge in [-0.25, -0.2) is 21.2 Å². The maximum Gasteiger partial charge on any atom is 0.261 e. The Morgan fingerprint density at radius 1 is 0.808 bits per heavy atom. The smallest absolute Gasteiger partial charge is 0.219 e. The highest BCUT2D eigenvalue weighted by molar-refractivity contribution is 8.13. The van der Waals surface area contributed by atoms with Gasteiger partial charge in [-0.15, -0.1) is 0 Å². The lowest BCUT2D eigenvalue weighted by Crippen LogP contribution is -2.11. The lowest BCUT2D eigenvalue weighted by molar-refractivity contribution is 0.591. The maximum absolute atomic E-state index is 13.2. The fraction of sp³-hybridized carbons (Fsp3) is 0.333. The van der Waals surface area contributed by atoms with Crippen molar-refractivity contribution in [1.29, 1.82) is 0 Å². The molecule has 0 spiro atoms. The SMILES string of the molecule is CC(C)c1cc(C(C)C)c(S(=O)(=O)c2ccc(F)cc2)cc1S(=O)(=O)Cl. The van der Waals surface area contributed by atoms with Gasteiger partial charge >= 0.3 is 0 Å². The van der Waals surface area contributed by atoms with Crippen LogP contribution in [0.2, 0.25) is 0 Å². The van der Waals surface area contributed by atoms with Gasteiger partial charge in [0.25, 0.3) is 9.05 Å². The highest BCUT2D eigenvalue weighted by atomic mass is 35.7. The van der Waals surface area contributed by atoms with Crippen LogP contribution >= 0.6 is 10.7 Å². The van der Waals surface area contributed by atoms with Gasteiger partial charge in [0, 0.05) is 10.7 Å². The first kappa shape index (κ1) is 20.9. The molecule has 0 saturated carbocycles. The summed E-state index contributed by atoms with van der Waals surface area (Å²) in [5, 5.41) is 0. The van der Waals surface area contributed by atoms with Crippen molar-refractivity contribution in [1.82, 2.24) is 0 Å². The Labute approximate surface area is 158 Å². The van der Waals surface area contributed by atoms with E-state index in [1.807, 2.05) is 13.8 Å². The van der Waals surface area contributed by atoms with E-state index in [1.54, 1.807) is 19.9 Å². The Morgan fingerprint density at radius 2 is 1.27 bits per heavy atom. The Kier molecular flexibility index (Phi) is 5.85. The molecule has 0 aliphatic rings. The lowest BCUT2D eigenvalue weighted by Gasteiger charge is -2.19. The van der Waals surface area contributed by atoms with Crippen LogP contribution in [0.4, 0.5) is 4.39 Å². The van der Waals surface area contributed by atoms with E-state index in [0.29, 0.717) is 11.1 Å². The van der Waals surface area contributed by atoms with Gasteiger partial charge in [-0.3, -0.25) is 0 Å². The third kappa shape index (κ3) is 4.10. The molecule has 0 heterocycles. The standard InChI is InChI=1S/C18H20ClFO4S2/c1-11(2)15-9-16(12(3)4)18(26(19,23)24)10-17(15)25(21,22)14-7-5-13(20)6-8-14/h5-12H,1-4H3. The van der Waals surface area contributed by atoms with E-state index in [1.165, 1.54) is 0 Å². The summed E-state index contributed by atoms with van der Waals surface area (Å²) in [7, 11) is -2.63. The molecule has 142 valence electrons. The molecule has 0 aliphatic carbocycles. The second-order valence-electron chi connectivity index (χ2n) is 6.63.